The number of anilines is 1. The number of carbonyl (C=O) groups excluding carboxylic acids is 1. The summed E-state index contributed by atoms with van der Waals surface area (Å²) in [6.45, 7) is 2.42. The van der Waals surface area contributed by atoms with Crippen LogP contribution in [0.1, 0.15) is 44.6 Å². The summed E-state index contributed by atoms with van der Waals surface area (Å²) in [5.41, 5.74) is 0.875. The second-order valence-electron chi connectivity index (χ2n) is 6.68. The van der Waals surface area contributed by atoms with Crippen LogP contribution in [0.15, 0.2) is 42.5 Å². The Morgan fingerprint density at radius 3 is 2.46 bits per heavy atom. The maximum absolute atomic E-state index is 13.3. The fourth-order valence-corrected chi connectivity index (χ4v) is 3.91. The fourth-order valence-electron chi connectivity index (χ4n) is 3.67. The molecule has 1 aliphatic carbocycles. The second kappa shape index (κ2) is 8.09. The average molecular weight is 376 g/mol. The molecule has 0 saturated heterocycles. The van der Waals surface area contributed by atoms with Crippen LogP contribution >= 0.6 is 11.6 Å². The lowest BCUT2D eigenvalue weighted by Gasteiger charge is -2.36. The van der Waals surface area contributed by atoms with E-state index in [2.05, 4.69) is 5.32 Å². The van der Waals surface area contributed by atoms with Crippen LogP contribution < -0.4 is 10.1 Å². The van der Waals surface area contributed by atoms with Gasteiger partial charge in [0.2, 0.25) is 5.91 Å². The molecule has 0 radical (unpaired) electrons. The third kappa shape index (κ3) is 3.85. The van der Waals surface area contributed by atoms with Crippen LogP contribution in [0, 0.1) is 5.82 Å². The molecule has 0 bridgehead atoms. The van der Waals surface area contributed by atoms with Crippen molar-refractivity contribution in [1.29, 1.82) is 0 Å². The first-order valence-corrected chi connectivity index (χ1v) is 9.43. The van der Waals surface area contributed by atoms with E-state index in [4.69, 9.17) is 16.3 Å². The highest BCUT2D eigenvalue weighted by atomic mass is 35.5. The van der Waals surface area contributed by atoms with Crippen LogP contribution in [0.2, 0.25) is 5.02 Å². The van der Waals surface area contributed by atoms with Crippen molar-refractivity contribution in [3.8, 4) is 5.75 Å². The van der Waals surface area contributed by atoms with Gasteiger partial charge in [0.05, 0.1) is 17.0 Å². The molecule has 0 spiro atoms. The van der Waals surface area contributed by atoms with Gasteiger partial charge in [-0.25, -0.2) is 4.39 Å². The van der Waals surface area contributed by atoms with E-state index in [1.165, 1.54) is 12.1 Å². The van der Waals surface area contributed by atoms with Crippen molar-refractivity contribution >= 4 is 23.2 Å². The molecule has 3 nitrogen and oxygen atoms in total. The molecule has 1 N–H and O–H groups in total. The van der Waals surface area contributed by atoms with Crippen molar-refractivity contribution in [3.05, 3.63) is 58.9 Å². The van der Waals surface area contributed by atoms with Crippen molar-refractivity contribution in [2.24, 2.45) is 0 Å². The van der Waals surface area contributed by atoms with Gasteiger partial charge in [-0.2, -0.15) is 0 Å². The number of amides is 1. The average Bonchev–Trinajstić information content (AvgIpc) is 2.65. The van der Waals surface area contributed by atoms with Gasteiger partial charge in [0.25, 0.3) is 0 Å². The molecule has 2 aromatic carbocycles. The van der Waals surface area contributed by atoms with Gasteiger partial charge >= 0.3 is 0 Å². The molecule has 3 rings (SSSR count). The standard InChI is InChI=1S/C21H23ClFNO2/c1-2-26-19-11-10-17(14-18(19)22)24-20(25)21(12-4-3-5-13-21)15-6-8-16(23)9-7-15/h6-11,14H,2-5,12-13H2,1H3,(H,24,25). The van der Waals surface area contributed by atoms with Crippen LogP contribution in [0.25, 0.3) is 0 Å². The Morgan fingerprint density at radius 2 is 1.85 bits per heavy atom. The zero-order valence-corrected chi connectivity index (χ0v) is 15.6. The van der Waals surface area contributed by atoms with Gasteiger partial charge in [0.15, 0.2) is 0 Å². The minimum atomic E-state index is -0.628. The first-order valence-electron chi connectivity index (χ1n) is 9.05. The number of ether oxygens (including phenoxy) is 1. The van der Waals surface area contributed by atoms with Gasteiger partial charge in [-0.15, -0.1) is 0 Å². The van der Waals surface area contributed by atoms with Gasteiger partial charge in [-0.05, 0) is 55.7 Å². The lowest BCUT2D eigenvalue weighted by molar-refractivity contribution is -0.122. The molecule has 0 aromatic heterocycles. The topological polar surface area (TPSA) is 38.3 Å². The number of hydrogen-bond acceptors (Lipinski definition) is 2. The van der Waals surface area contributed by atoms with Gasteiger partial charge in [0.1, 0.15) is 11.6 Å². The summed E-state index contributed by atoms with van der Waals surface area (Å²) < 4.78 is 18.8. The molecule has 0 unspecified atom stereocenters. The number of benzene rings is 2. The SMILES string of the molecule is CCOc1ccc(NC(=O)C2(c3ccc(F)cc3)CCCCC2)cc1Cl. The van der Waals surface area contributed by atoms with Crippen LogP contribution in [0.3, 0.4) is 0 Å². The zero-order chi connectivity index (χ0) is 18.6. The third-order valence-electron chi connectivity index (χ3n) is 5.03. The Morgan fingerprint density at radius 1 is 1.15 bits per heavy atom. The molecule has 2 aromatic rings. The minimum absolute atomic E-state index is 0.0657. The van der Waals surface area contributed by atoms with Crippen molar-refractivity contribution in [1.82, 2.24) is 0 Å². The summed E-state index contributed by atoms with van der Waals surface area (Å²) in [5.74, 6) is 0.237. The molecular weight excluding hydrogens is 353 g/mol. The second-order valence-corrected chi connectivity index (χ2v) is 7.09. The molecule has 1 fully saturated rings. The highest BCUT2D eigenvalue weighted by molar-refractivity contribution is 6.32. The van der Waals surface area contributed by atoms with Crippen LogP contribution in [-0.4, -0.2) is 12.5 Å². The quantitative estimate of drug-likeness (QED) is 0.725. The van der Waals surface area contributed by atoms with E-state index in [9.17, 15) is 9.18 Å². The van der Waals surface area contributed by atoms with E-state index in [0.29, 0.717) is 23.1 Å². The van der Waals surface area contributed by atoms with E-state index >= 15 is 0 Å². The van der Waals surface area contributed by atoms with Gasteiger partial charge in [-0.3, -0.25) is 4.79 Å². The number of rotatable bonds is 5. The summed E-state index contributed by atoms with van der Waals surface area (Å²) in [6, 6.07) is 11.5. The Bertz CT molecular complexity index is 770. The minimum Gasteiger partial charge on any atom is -0.492 e. The number of nitrogens with one attached hydrogen (secondary N) is 1. The van der Waals surface area contributed by atoms with E-state index in [1.54, 1.807) is 30.3 Å². The monoisotopic (exact) mass is 375 g/mol. The zero-order valence-electron chi connectivity index (χ0n) is 14.9. The lowest BCUT2D eigenvalue weighted by atomic mass is 9.68. The van der Waals surface area contributed by atoms with Crippen LogP contribution in [0.4, 0.5) is 10.1 Å². The Kier molecular flexibility index (Phi) is 5.82. The molecule has 1 aliphatic rings. The summed E-state index contributed by atoms with van der Waals surface area (Å²) in [5, 5.41) is 3.47. The molecular formula is C21H23ClFNO2. The highest BCUT2D eigenvalue weighted by Crippen LogP contribution is 2.41. The smallest absolute Gasteiger partial charge is 0.235 e. The van der Waals surface area contributed by atoms with Crippen molar-refractivity contribution in [2.75, 3.05) is 11.9 Å². The van der Waals surface area contributed by atoms with Gasteiger partial charge in [0, 0.05) is 5.69 Å². The first-order chi connectivity index (χ1) is 12.5. The highest BCUT2D eigenvalue weighted by Gasteiger charge is 2.41. The molecule has 5 heteroatoms. The van der Waals surface area contributed by atoms with Crippen molar-refractivity contribution in [3.63, 3.8) is 0 Å². The molecule has 0 heterocycles. The number of halogens is 2. The largest absolute Gasteiger partial charge is 0.492 e. The normalized spacial score (nSPS) is 16.1. The summed E-state index contributed by atoms with van der Waals surface area (Å²) in [4.78, 5) is 13.2. The van der Waals surface area contributed by atoms with Crippen LogP contribution in [-0.2, 0) is 10.2 Å². The molecule has 0 aliphatic heterocycles. The summed E-state index contributed by atoms with van der Waals surface area (Å²) >= 11 is 6.23. The van der Waals surface area contributed by atoms with Gasteiger partial charge in [-0.1, -0.05) is 43.0 Å². The van der Waals surface area contributed by atoms with E-state index in [-0.39, 0.29) is 11.7 Å². The van der Waals surface area contributed by atoms with Crippen molar-refractivity contribution < 1.29 is 13.9 Å². The predicted molar refractivity (Wildman–Crippen MR) is 102 cm³/mol. The summed E-state index contributed by atoms with van der Waals surface area (Å²) in [6.07, 6.45) is 4.60. The molecule has 1 amide bonds. The molecule has 138 valence electrons. The molecule has 1 saturated carbocycles. The van der Waals surface area contributed by atoms with Crippen molar-refractivity contribution in [2.45, 2.75) is 44.4 Å². The van der Waals surface area contributed by atoms with Gasteiger partial charge < -0.3 is 10.1 Å². The number of hydrogen-bond donors (Lipinski definition) is 1. The maximum Gasteiger partial charge on any atom is 0.235 e. The summed E-state index contributed by atoms with van der Waals surface area (Å²) in [7, 11) is 0. The number of carbonyl (C=O) groups is 1. The van der Waals surface area contributed by atoms with E-state index < -0.39 is 5.41 Å². The lowest BCUT2D eigenvalue weighted by Crippen LogP contribution is -2.42. The van der Waals surface area contributed by atoms with Crippen LogP contribution in [0.5, 0.6) is 5.75 Å². The Labute approximate surface area is 158 Å². The Hall–Kier alpha value is -2.07. The van der Waals surface area contributed by atoms with E-state index in [1.807, 2.05) is 6.92 Å². The molecule has 0 atom stereocenters. The molecule has 26 heavy (non-hydrogen) atoms. The fraction of sp³-hybridized carbons (Fsp3) is 0.381. The van der Waals surface area contributed by atoms with E-state index in [0.717, 1.165) is 37.7 Å². The maximum atomic E-state index is 13.3. The first kappa shape index (κ1) is 18.7. The predicted octanol–water partition coefficient (Wildman–Crippen LogP) is 5.72. The Balaban J connectivity index is 1.86. The third-order valence-corrected chi connectivity index (χ3v) is 5.32.